The molecule has 31 heavy (non-hydrogen) atoms. The van der Waals surface area contributed by atoms with E-state index in [1.165, 1.54) is 11.3 Å². The summed E-state index contributed by atoms with van der Waals surface area (Å²) in [4.78, 5) is 32.8. The number of amides is 2. The summed E-state index contributed by atoms with van der Waals surface area (Å²) in [5.41, 5.74) is 4.33. The molecule has 7 heteroatoms. The maximum Gasteiger partial charge on any atom is 0.268 e. The SMILES string of the molecule is O=C(NCc1cccnc1)c1ccc2n1Cc1ccccc1N(C(=O)c1cccs1)C2. The summed E-state index contributed by atoms with van der Waals surface area (Å²) in [6.07, 6.45) is 3.45. The Morgan fingerprint density at radius 3 is 2.71 bits per heavy atom. The fourth-order valence-electron chi connectivity index (χ4n) is 3.85. The zero-order valence-corrected chi connectivity index (χ0v) is 17.5. The monoisotopic (exact) mass is 428 g/mol. The highest BCUT2D eigenvalue weighted by Crippen LogP contribution is 2.31. The van der Waals surface area contributed by atoms with Gasteiger partial charge in [-0.15, -0.1) is 11.3 Å². The minimum atomic E-state index is -0.148. The number of para-hydroxylation sites is 1. The summed E-state index contributed by atoms with van der Waals surface area (Å²) in [5.74, 6) is -0.176. The van der Waals surface area contributed by atoms with Crippen LogP contribution in [0, 0.1) is 0 Å². The topological polar surface area (TPSA) is 67.2 Å². The van der Waals surface area contributed by atoms with Gasteiger partial charge in [0.2, 0.25) is 0 Å². The predicted molar refractivity (Wildman–Crippen MR) is 120 cm³/mol. The number of carbonyl (C=O) groups excluding carboxylic acids is 2. The number of pyridine rings is 1. The molecule has 0 spiro atoms. The van der Waals surface area contributed by atoms with Gasteiger partial charge in [-0.05, 0) is 46.8 Å². The van der Waals surface area contributed by atoms with Crippen LogP contribution < -0.4 is 10.2 Å². The average molecular weight is 429 g/mol. The smallest absolute Gasteiger partial charge is 0.268 e. The Hall–Kier alpha value is -3.71. The van der Waals surface area contributed by atoms with E-state index in [1.54, 1.807) is 17.3 Å². The molecule has 0 unspecified atom stereocenters. The number of carbonyl (C=O) groups is 2. The van der Waals surface area contributed by atoms with Gasteiger partial charge in [-0.1, -0.05) is 30.3 Å². The predicted octanol–water partition coefficient (Wildman–Crippen LogP) is 4.08. The van der Waals surface area contributed by atoms with Gasteiger partial charge in [0.05, 0.1) is 18.0 Å². The largest absolute Gasteiger partial charge is 0.347 e. The summed E-state index contributed by atoms with van der Waals surface area (Å²) in [5, 5.41) is 4.88. The minimum Gasteiger partial charge on any atom is -0.347 e. The van der Waals surface area contributed by atoms with E-state index in [2.05, 4.69) is 10.3 Å². The molecular formula is C24H20N4O2S. The maximum absolute atomic E-state index is 13.2. The van der Waals surface area contributed by atoms with Crippen molar-refractivity contribution in [3.8, 4) is 0 Å². The number of nitrogens with one attached hydrogen (secondary N) is 1. The van der Waals surface area contributed by atoms with Crippen LogP contribution in [-0.2, 0) is 19.6 Å². The number of nitrogens with zero attached hydrogens (tertiary/aromatic N) is 3. The molecule has 0 bridgehead atoms. The van der Waals surface area contributed by atoms with Gasteiger partial charge in [0.25, 0.3) is 11.8 Å². The number of fused-ring (bicyclic) bond motifs is 2. The van der Waals surface area contributed by atoms with Gasteiger partial charge in [0, 0.05) is 30.3 Å². The van der Waals surface area contributed by atoms with E-state index in [-0.39, 0.29) is 11.8 Å². The Labute approximate surface area is 183 Å². The van der Waals surface area contributed by atoms with Crippen LogP contribution >= 0.6 is 11.3 Å². The third-order valence-electron chi connectivity index (χ3n) is 5.39. The van der Waals surface area contributed by atoms with Crippen LogP contribution in [0.1, 0.15) is 37.0 Å². The first-order valence-electron chi connectivity index (χ1n) is 9.99. The van der Waals surface area contributed by atoms with Crippen molar-refractivity contribution < 1.29 is 9.59 Å². The van der Waals surface area contributed by atoms with E-state index < -0.39 is 0 Å². The van der Waals surface area contributed by atoms with E-state index in [4.69, 9.17) is 0 Å². The maximum atomic E-state index is 13.2. The van der Waals surface area contributed by atoms with E-state index in [0.717, 1.165) is 22.5 Å². The number of aromatic nitrogens is 2. The fraction of sp³-hybridized carbons (Fsp3) is 0.125. The van der Waals surface area contributed by atoms with E-state index in [1.807, 2.05) is 70.6 Å². The summed E-state index contributed by atoms with van der Waals surface area (Å²) in [7, 11) is 0. The van der Waals surface area contributed by atoms with Crippen LogP contribution in [0.2, 0.25) is 0 Å². The Morgan fingerprint density at radius 2 is 1.90 bits per heavy atom. The second-order valence-corrected chi connectivity index (χ2v) is 8.29. The van der Waals surface area contributed by atoms with Gasteiger partial charge in [-0.25, -0.2) is 0 Å². The molecule has 4 heterocycles. The summed E-state index contributed by atoms with van der Waals surface area (Å²) >= 11 is 1.43. The molecule has 3 aromatic heterocycles. The first-order valence-corrected chi connectivity index (χ1v) is 10.9. The van der Waals surface area contributed by atoms with Crippen molar-refractivity contribution >= 4 is 28.8 Å². The molecule has 0 fully saturated rings. The molecule has 2 amide bonds. The second-order valence-electron chi connectivity index (χ2n) is 7.34. The van der Waals surface area contributed by atoms with Crippen molar-refractivity contribution in [2.45, 2.75) is 19.6 Å². The highest BCUT2D eigenvalue weighted by atomic mass is 32.1. The third-order valence-corrected chi connectivity index (χ3v) is 6.25. The van der Waals surface area contributed by atoms with Crippen molar-refractivity contribution in [3.05, 3.63) is 106 Å². The lowest BCUT2D eigenvalue weighted by molar-refractivity contribution is 0.0941. The van der Waals surface area contributed by atoms with Crippen molar-refractivity contribution in [1.29, 1.82) is 0 Å². The number of anilines is 1. The van der Waals surface area contributed by atoms with Crippen LogP contribution in [0.4, 0.5) is 5.69 Å². The van der Waals surface area contributed by atoms with E-state index >= 15 is 0 Å². The molecule has 0 aliphatic carbocycles. The van der Waals surface area contributed by atoms with Gasteiger partial charge in [-0.3, -0.25) is 14.6 Å². The second kappa shape index (κ2) is 8.20. The molecule has 0 saturated carbocycles. The Morgan fingerprint density at radius 1 is 1.00 bits per heavy atom. The molecule has 0 radical (unpaired) electrons. The van der Waals surface area contributed by atoms with E-state index in [9.17, 15) is 9.59 Å². The summed E-state index contributed by atoms with van der Waals surface area (Å²) < 4.78 is 2.00. The Balaban J connectivity index is 1.46. The average Bonchev–Trinajstić information content (AvgIpc) is 3.45. The van der Waals surface area contributed by atoms with E-state index in [0.29, 0.717) is 30.2 Å². The van der Waals surface area contributed by atoms with Crippen LogP contribution in [0.25, 0.3) is 0 Å². The van der Waals surface area contributed by atoms with Crippen LogP contribution in [-0.4, -0.2) is 21.4 Å². The summed E-state index contributed by atoms with van der Waals surface area (Å²) in [6.45, 7) is 1.35. The normalized spacial score (nSPS) is 12.6. The van der Waals surface area contributed by atoms with Gasteiger partial charge in [-0.2, -0.15) is 0 Å². The fourth-order valence-corrected chi connectivity index (χ4v) is 4.52. The minimum absolute atomic E-state index is 0.0281. The molecule has 1 aromatic carbocycles. The molecule has 0 saturated heterocycles. The number of benzene rings is 1. The molecular weight excluding hydrogens is 408 g/mol. The number of hydrogen-bond acceptors (Lipinski definition) is 4. The van der Waals surface area contributed by atoms with Crippen molar-refractivity contribution in [2.24, 2.45) is 0 Å². The van der Waals surface area contributed by atoms with Gasteiger partial charge in [0.15, 0.2) is 0 Å². The molecule has 1 aliphatic heterocycles. The first kappa shape index (κ1) is 19.3. The standard InChI is InChI=1S/C24H20N4O2S/c29-23(26-14-17-5-3-11-25-13-17)21-10-9-19-16-28(24(30)22-8-4-12-31-22)20-7-2-1-6-18(20)15-27(19)21/h1-13H,14-16H2,(H,26,29). The molecule has 5 rings (SSSR count). The van der Waals surface area contributed by atoms with Gasteiger partial charge in [0.1, 0.15) is 5.69 Å². The molecule has 0 atom stereocenters. The number of rotatable bonds is 4. The number of thiophene rings is 1. The highest BCUT2D eigenvalue weighted by Gasteiger charge is 2.27. The zero-order chi connectivity index (χ0) is 21.2. The van der Waals surface area contributed by atoms with Crippen LogP contribution in [0.5, 0.6) is 0 Å². The zero-order valence-electron chi connectivity index (χ0n) is 16.7. The molecule has 154 valence electrons. The molecule has 1 aliphatic rings. The van der Waals surface area contributed by atoms with Gasteiger partial charge >= 0.3 is 0 Å². The first-order chi connectivity index (χ1) is 15.2. The third kappa shape index (κ3) is 3.75. The quantitative estimate of drug-likeness (QED) is 0.533. The van der Waals surface area contributed by atoms with Crippen molar-refractivity contribution in [3.63, 3.8) is 0 Å². The van der Waals surface area contributed by atoms with Gasteiger partial charge < -0.3 is 14.8 Å². The Kier molecular flexibility index (Phi) is 5.09. The van der Waals surface area contributed by atoms with Crippen LogP contribution in [0.15, 0.2) is 78.4 Å². The van der Waals surface area contributed by atoms with Crippen molar-refractivity contribution in [1.82, 2.24) is 14.9 Å². The lowest BCUT2D eigenvalue weighted by Gasteiger charge is -2.22. The van der Waals surface area contributed by atoms with Crippen molar-refractivity contribution in [2.75, 3.05) is 4.90 Å². The molecule has 6 nitrogen and oxygen atoms in total. The van der Waals surface area contributed by atoms with Crippen LogP contribution in [0.3, 0.4) is 0 Å². The Bertz CT molecular complexity index is 1230. The lowest BCUT2D eigenvalue weighted by Crippen LogP contribution is -2.30. The lowest BCUT2D eigenvalue weighted by atomic mass is 10.1. The summed E-state index contributed by atoms with van der Waals surface area (Å²) in [6, 6.07) is 19.1. The molecule has 1 N–H and O–H groups in total. The highest BCUT2D eigenvalue weighted by molar-refractivity contribution is 7.12. The molecule has 4 aromatic rings. The number of hydrogen-bond donors (Lipinski definition) is 1.